The second kappa shape index (κ2) is 8.32. The number of fused-ring (bicyclic) bond motifs is 1. The molecule has 0 unspecified atom stereocenters. The molecule has 1 N–H and O–H groups in total. The zero-order chi connectivity index (χ0) is 20.2. The molecular formula is C22H17ClFN3O2. The minimum atomic E-state index is -0.474. The van der Waals surface area contributed by atoms with Gasteiger partial charge in [0, 0.05) is 16.5 Å². The fraction of sp³-hybridized carbons (Fsp3) is 0.0909. The van der Waals surface area contributed by atoms with E-state index in [9.17, 15) is 4.39 Å². The molecule has 29 heavy (non-hydrogen) atoms. The SMILES string of the molecule is COc1cc2ncnc(Nc3ccc(Cl)cc3F)c2cc1OCc1ccccc1. The Balaban J connectivity index is 1.70. The highest BCUT2D eigenvalue weighted by molar-refractivity contribution is 6.30. The zero-order valence-corrected chi connectivity index (χ0v) is 16.3. The lowest BCUT2D eigenvalue weighted by Gasteiger charge is -2.14. The molecule has 0 atom stereocenters. The summed E-state index contributed by atoms with van der Waals surface area (Å²) in [5.74, 6) is 1.07. The molecule has 5 nitrogen and oxygen atoms in total. The second-order valence-corrected chi connectivity index (χ2v) is 6.70. The molecule has 1 heterocycles. The Bertz CT molecular complexity index is 1160. The van der Waals surface area contributed by atoms with Crippen molar-refractivity contribution in [2.45, 2.75) is 6.61 Å². The van der Waals surface area contributed by atoms with Gasteiger partial charge in [0.15, 0.2) is 11.5 Å². The summed E-state index contributed by atoms with van der Waals surface area (Å²) >= 11 is 5.83. The van der Waals surface area contributed by atoms with Crippen LogP contribution in [0.15, 0.2) is 67.0 Å². The van der Waals surface area contributed by atoms with E-state index in [-0.39, 0.29) is 5.69 Å². The molecule has 0 aliphatic carbocycles. The van der Waals surface area contributed by atoms with E-state index in [0.29, 0.717) is 39.8 Å². The average molecular weight is 410 g/mol. The number of rotatable bonds is 6. The summed E-state index contributed by atoms with van der Waals surface area (Å²) in [4.78, 5) is 8.55. The van der Waals surface area contributed by atoms with Gasteiger partial charge in [-0.1, -0.05) is 41.9 Å². The van der Waals surface area contributed by atoms with Crippen LogP contribution in [0.3, 0.4) is 0 Å². The minimum Gasteiger partial charge on any atom is -0.493 e. The van der Waals surface area contributed by atoms with E-state index in [1.54, 1.807) is 31.4 Å². The minimum absolute atomic E-state index is 0.261. The summed E-state index contributed by atoms with van der Waals surface area (Å²) in [6.07, 6.45) is 1.41. The van der Waals surface area contributed by atoms with E-state index in [1.165, 1.54) is 12.4 Å². The smallest absolute Gasteiger partial charge is 0.162 e. The maximum atomic E-state index is 14.2. The summed E-state index contributed by atoms with van der Waals surface area (Å²) in [7, 11) is 1.57. The molecule has 0 saturated carbocycles. The molecule has 0 saturated heterocycles. The van der Waals surface area contributed by atoms with Crippen LogP contribution >= 0.6 is 11.6 Å². The monoisotopic (exact) mass is 409 g/mol. The first-order chi connectivity index (χ1) is 14.1. The van der Waals surface area contributed by atoms with Gasteiger partial charge in [-0.2, -0.15) is 0 Å². The van der Waals surface area contributed by atoms with Crippen LogP contribution in [0.1, 0.15) is 5.56 Å². The van der Waals surface area contributed by atoms with Gasteiger partial charge in [0.1, 0.15) is 24.6 Å². The van der Waals surface area contributed by atoms with Gasteiger partial charge >= 0.3 is 0 Å². The van der Waals surface area contributed by atoms with Crippen molar-refractivity contribution in [2.75, 3.05) is 12.4 Å². The topological polar surface area (TPSA) is 56.3 Å². The Kier molecular flexibility index (Phi) is 5.44. The Morgan fingerprint density at radius 2 is 1.83 bits per heavy atom. The van der Waals surface area contributed by atoms with Crippen molar-refractivity contribution in [3.8, 4) is 11.5 Å². The first kappa shape index (κ1) is 19.0. The van der Waals surface area contributed by atoms with Gasteiger partial charge in [-0.3, -0.25) is 0 Å². The van der Waals surface area contributed by atoms with E-state index in [1.807, 2.05) is 30.3 Å². The molecule has 146 valence electrons. The first-order valence-corrected chi connectivity index (χ1v) is 9.23. The summed E-state index contributed by atoms with van der Waals surface area (Å²) in [6, 6.07) is 17.8. The summed E-state index contributed by atoms with van der Waals surface area (Å²) in [6.45, 7) is 0.380. The maximum absolute atomic E-state index is 14.2. The number of halogens is 2. The van der Waals surface area contributed by atoms with Gasteiger partial charge in [0.05, 0.1) is 18.3 Å². The van der Waals surface area contributed by atoms with Crippen molar-refractivity contribution in [3.63, 3.8) is 0 Å². The lowest BCUT2D eigenvalue weighted by atomic mass is 10.2. The normalized spacial score (nSPS) is 10.7. The van der Waals surface area contributed by atoms with Crippen molar-refractivity contribution >= 4 is 34.0 Å². The molecule has 1 aromatic heterocycles. The molecule has 0 bridgehead atoms. The van der Waals surface area contributed by atoms with Gasteiger partial charge in [-0.15, -0.1) is 0 Å². The number of aromatic nitrogens is 2. The third-order valence-electron chi connectivity index (χ3n) is 4.34. The molecule has 0 aliphatic heterocycles. The molecule has 0 spiro atoms. The number of nitrogens with zero attached hydrogens (tertiary/aromatic N) is 2. The summed E-state index contributed by atoms with van der Waals surface area (Å²) in [5.41, 5.74) is 1.93. The number of hydrogen-bond acceptors (Lipinski definition) is 5. The van der Waals surface area contributed by atoms with Crippen LogP contribution < -0.4 is 14.8 Å². The third-order valence-corrected chi connectivity index (χ3v) is 4.58. The zero-order valence-electron chi connectivity index (χ0n) is 15.5. The van der Waals surface area contributed by atoms with Crippen LogP contribution in [-0.4, -0.2) is 17.1 Å². The van der Waals surface area contributed by atoms with Gasteiger partial charge in [-0.25, -0.2) is 14.4 Å². The number of anilines is 2. The number of hydrogen-bond donors (Lipinski definition) is 1. The van der Waals surface area contributed by atoms with Crippen LogP contribution in [0.4, 0.5) is 15.9 Å². The van der Waals surface area contributed by atoms with Crippen molar-refractivity contribution in [1.29, 1.82) is 0 Å². The Morgan fingerprint density at radius 3 is 2.59 bits per heavy atom. The Hall–Kier alpha value is -3.38. The predicted molar refractivity (Wildman–Crippen MR) is 112 cm³/mol. The van der Waals surface area contributed by atoms with Crippen LogP contribution in [0.2, 0.25) is 5.02 Å². The van der Waals surface area contributed by atoms with E-state index in [0.717, 1.165) is 5.56 Å². The molecule has 0 radical (unpaired) electrons. The van der Waals surface area contributed by atoms with E-state index < -0.39 is 5.82 Å². The number of ether oxygens (including phenoxy) is 2. The van der Waals surface area contributed by atoms with Crippen LogP contribution in [-0.2, 0) is 6.61 Å². The van der Waals surface area contributed by atoms with Gasteiger partial charge in [-0.05, 0) is 29.8 Å². The quantitative estimate of drug-likeness (QED) is 0.439. The third kappa shape index (κ3) is 4.22. The fourth-order valence-corrected chi connectivity index (χ4v) is 3.05. The van der Waals surface area contributed by atoms with E-state index in [4.69, 9.17) is 21.1 Å². The largest absolute Gasteiger partial charge is 0.493 e. The number of nitrogens with one attached hydrogen (secondary N) is 1. The predicted octanol–water partition coefficient (Wildman–Crippen LogP) is 5.75. The second-order valence-electron chi connectivity index (χ2n) is 6.27. The Labute approximate surface area is 172 Å². The van der Waals surface area contributed by atoms with Gasteiger partial charge < -0.3 is 14.8 Å². The molecule has 0 fully saturated rings. The molecule has 0 amide bonds. The van der Waals surface area contributed by atoms with Crippen LogP contribution in [0.5, 0.6) is 11.5 Å². The molecule has 0 aliphatic rings. The van der Waals surface area contributed by atoms with Gasteiger partial charge in [0.2, 0.25) is 0 Å². The lowest BCUT2D eigenvalue weighted by Crippen LogP contribution is -2.01. The molecule has 4 rings (SSSR count). The van der Waals surface area contributed by atoms with Crippen molar-refractivity contribution < 1.29 is 13.9 Å². The standard InChI is InChI=1S/C22H17ClFN3O2/c1-28-20-11-19-16(10-21(20)29-12-14-5-3-2-4-6-14)22(26-13-25-19)27-18-8-7-15(23)9-17(18)24/h2-11,13H,12H2,1H3,(H,25,26,27). The van der Waals surface area contributed by atoms with Crippen molar-refractivity contribution in [2.24, 2.45) is 0 Å². The fourth-order valence-electron chi connectivity index (χ4n) is 2.89. The van der Waals surface area contributed by atoms with Crippen molar-refractivity contribution in [3.05, 3.63) is 83.4 Å². The van der Waals surface area contributed by atoms with Crippen LogP contribution in [0, 0.1) is 5.82 Å². The average Bonchev–Trinajstić information content (AvgIpc) is 2.74. The Morgan fingerprint density at radius 1 is 1.00 bits per heavy atom. The number of benzene rings is 3. The summed E-state index contributed by atoms with van der Waals surface area (Å²) in [5, 5.41) is 3.99. The molecular weight excluding hydrogens is 393 g/mol. The molecule has 4 aromatic rings. The highest BCUT2D eigenvalue weighted by Crippen LogP contribution is 2.35. The van der Waals surface area contributed by atoms with Gasteiger partial charge in [0.25, 0.3) is 0 Å². The van der Waals surface area contributed by atoms with Crippen LogP contribution in [0.25, 0.3) is 10.9 Å². The molecule has 3 aromatic carbocycles. The maximum Gasteiger partial charge on any atom is 0.162 e. The molecule has 7 heteroatoms. The summed E-state index contributed by atoms with van der Waals surface area (Å²) < 4.78 is 25.6. The first-order valence-electron chi connectivity index (χ1n) is 8.85. The van der Waals surface area contributed by atoms with E-state index in [2.05, 4.69) is 15.3 Å². The highest BCUT2D eigenvalue weighted by atomic mass is 35.5. The number of methoxy groups -OCH3 is 1. The van der Waals surface area contributed by atoms with Crippen molar-refractivity contribution in [1.82, 2.24) is 9.97 Å². The highest BCUT2D eigenvalue weighted by Gasteiger charge is 2.13. The van der Waals surface area contributed by atoms with E-state index >= 15 is 0 Å². The lowest BCUT2D eigenvalue weighted by molar-refractivity contribution is 0.285.